The number of rotatable bonds is 2. The van der Waals surface area contributed by atoms with Gasteiger partial charge in [0.25, 0.3) is 5.91 Å². The highest BCUT2D eigenvalue weighted by atomic mass is 35.5. The Hall–Kier alpha value is -1.95. The molecule has 0 aromatic carbocycles. The van der Waals surface area contributed by atoms with E-state index in [-0.39, 0.29) is 17.1 Å². The van der Waals surface area contributed by atoms with E-state index in [1.165, 1.54) is 6.07 Å². The van der Waals surface area contributed by atoms with Crippen molar-refractivity contribution in [3.8, 4) is 0 Å². The van der Waals surface area contributed by atoms with Gasteiger partial charge in [-0.25, -0.2) is 4.98 Å². The highest BCUT2D eigenvalue weighted by molar-refractivity contribution is 6.29. The van der Waals surface area contributed by atoms with Gasteiger partial charge in [0.05, 0.1) is 0 Å². The molecule has 2 heterocycles. The molecule has 0 atom stereocenters. The number of halogens is 1. The molecule has 0 saturated carbocycles. The van der Waals surface area contributed by atoms with Gasteiger partial charge >= 0.3 is 6.01 Å². The zero-order valence-corrected chi connectivity index (χ0v) is 9.95. The smallest absolute Gasteiger partial charge is 0.315 e. The molecule has 1 amide bonds. The van der Waals surface area contributed by atoms with Gasteiger partial charge in [-0.1, -0.05) is 16.8 Å². The number of hydrogen-bond acceptors (Lipinski definition) is 5. The maximum absolute atomic E-state index is 11.8. The summed E-state index contributed by atoms with van der Waals surface area (Å²) >= 11 is 5.76. The van der Waals surface area contributed by atoms with Crippen molar-refractivity contribution in [3.63, 3.8) is 0 Å². The van der Waals surface area contributed by atoms with E-state index in [9.17, 15) is 4.79 Å². The first-order chi connectivity index (χ1) is 8.04. The zero-order chi connectivity index (χ0) is 12.4. The van der Waals surface area contributed by atoms with Gasteiger partial charge in [-0.15, -0.1) is 0 Å². The van der Waals surface area contributed by atoms with E-state index >= 15 is 0 Å². The Balaban J connectivity index is 2.19. The fourth-order valence-electron chi connectivity index (χ4n) is 1.28. The van der Waals surface area contributed by atoms with Crippen molar-refractivity contribution in [1.82, 2.24) is 15.1 Å². The molecule has 0 radical (unpaired) electrons. The lowest BCUT2D eigenvalue weighted by molar-refractivity contribution is 0.102. The highest BCUT2D eigenvalue weighted by Gasteiger charge is 2.11. The molecule has 2 aromatic heterocycles. The van der Waals surface area contributed by atoms with E-state index in [4.69, 9.17) is 16.1 Å². The number of nitrogens with zero attached hydrogens (tertiary/aromatic N) is 3. The molecule has 17 heavy (non-hydrogen) atoms. The summed E-state index contributed by atoms with van der Waals surface area (Å²) in [6.07, 6.45) is 0. The summed E-state index contributed by atoms with van der Waals surface area (Å²) in [5.41, 5.74) is 1.04. The molecular formula is C10H9ClN4O2. The van der Waals surface area contributed by atoms with Gasteiger partial charge in [0, 0.05) is 11.3 Å². The molecule has 0 spiro atoms. The minimum absolute atomic E-state index is 0.0538. The fraction of sp³-hybridized carbons (Fsp3) is 0.200. The number of nitrogens with one attached hydrogen (secondary N) is 1. The second-order valence-corrected chi connectivity index (χ2v) is 3.81. The Bertz CT molecular complexity index is 547. The lowest BCUT2D eigenvalue weighted by atomic mass is 10.2. The number of aryl methyl sites for hydroxylation is 2. The van der Waals surface area contributed by atoms with Crippen LogP contribution in [-0.4, -0.2) is 21.0 Å². The maximum atomic E-state index is 11.8. The SMILES string of the molecule is Cc1cc(C(=O)Nc2nc(C)no2)cc(Cl)n1. The van der Waals surface area contributed by atoms with E-state index in [0.717, 1.165) is 0 Å². The van der Waals surface area contributed by atoms with Crippen LogP contribution in [0.15, 0.2) is 16.7 Å². The van der Waals surface area contributed by atoms with Crippen LogP contribution in [0.4, 0.5) is 6.01 Å². The first kappa shape index (κ1) is 11.5. The van der Waals surface area contributed by atoms with Crippen LogP contribution < -0.4 is 5.32 Å². The summed E-state index contributed by atoms with van der Waals surface area (Å²) in [5.74, 6) is 0.0743. The van der Waals surface area contributed by atoms with E-state index in [0.29, 0.717) is 17.1 Å². The van der Waals surface area contributed by atoms with E-state index in [1.54, 1.807) is 19.9 Å². The first-order valence-electron chi connectivity index (χ1n) is 4.80. The Morgan fingerprint density at radius 2 is 2.12 bits per heavy atom. The van der Waals surface area contributed by atoms with Gasteiger partial charge in [0.1, 0.15) is 5.15 Å². The molecule has 0 unspecified atom stereocenters. The monoisotopic (exact) mass is 252 g/mol. The quantitative estimate of drug-likeness (QED) is 0.827. The molecule has 2 rings (SSSR count). The average molecular weight is 253 g/mol. The summed E-state index contributed by atoms with van der Waals surface area (Å²) in [6.45, 7) is 3.41. The molecule has 2 aromatic rings. The molecule has 7 heteroatoms. The summed E-state index contributed by atoms with van der Waals surface area (Å²) in [7, 11) is 0. The van der Waals surface area contributed by atoms with Crippen LogP contribution in [0.25, 0.3) is 0 Å². The molecule has 0 bridgehead atoms. The van der Waals surface area contributed by atoms with Gasteiger partial charge in [-0.2, -0.15) is 4.98 Å². The van der Waals surface area contributed by atoms with Crippen molar-refractivity contribution in [2.24, 2.45) is 0 Å². The number of hydrogen-bond donors (Lipinski definition) is 1. The third-order valence-corrected chi connectivity index (χ3v) is 2.13. The number of carbonyl (C=O) groups excluding carboxylic acids is 1. The van der Waals surface area contributed by atoms with E-state index < -0.39 is 0 Å². The van der Waals surface area contributed by atoms with Gasteiger partial charge in [-0.05, 0) is 26.0 Å². The van der Waals surface area contributed by atoms with Crippen LogP contribution in [0.2, 0.25) is 5.15 Å². The molecular weight excluding hydrogens is 244 g/mol. The normalized spacial score (nSPS) is 10.3. The molecule has 0 saturated heterocycles. The Labute approximate surface area is 102 Å². The maximum Gasteiger partial charge on any atom is 0.328 e. The van der Waals surface area contributed by atoms with Crippen LogP contribution in [0.1, 0.15) is 21.9 Å². The summed E-state index contributed by atoms with van der Waals surface area (Å²) in [5, 5.41) is 6.29. The minimum Gasteiger partial charge on any atom is -0.315 e. The highest BCUT2D eigenvalue weighted by Crippen LogP contribution is 2.12. The number of amides is 1. The number of aromatic nitrogens is 3. The van der Waals surface area contributed by atoms with Crippen molar-refractivity contribution in [3.05, 3.63) is 34.4 Å². The third-order valence-electron chi connectivity index (χ3n) is 1.93. The topological polar surface area (TPSA) is 80.9 Å². The van der Waals surface area contributed by atoms with Gasteiger partial charge < -0.3 is 4.52 Å². The lowest BCUT2D eigenvalue weighted by Crippen LogP contribution is -2.12. The van der Waals surface area contributed by atoms with E-state index in [2.05, 4.69) is 20.4 Å². The van der Waals surface area contributed by atoms with Crippen LogP contribution >= 0.6 is 11.6 Å². The Kier molecular flexibility index (Phi) is 3.06. The lowest BCUT2D eigenvalue weighted by Gasteiger charge is -2.02. The molecule has 0 aliphatic carbocycles. The van der Waals surface area contributed by atoms with Crippen molar-refractivity contribution in [1.29, 1.82) is 0 Å². The molecule has 0 fully saturated rings. The standard InChI is InChI=1S/C10H9ClN4O2/c1-5-3-7(4-8(11)12-5)9(16)14-10-13-6(2)15-17-10/h3-4H,1-2H3,(H,13,14,15,16). The Morgan fingerprint density at radius 3 is 2.71 bits per heavy atom. The molecule has 6 nitrogen and oxygen atoms in total. The fourth-order valence-corrected chi connectivity index (χ4v) is 1.53. The van der Waals surface area contributed by atoms with Gasteiger partial charge in [-0.3, -0.25) is 10.1 Å². The molecule has 1 N–H and O–H groups in total. The van der Waals surface area contributed by atoms with Crippen molar-refractivity contribution in [2.45, 2.75) is 13.8 Å². The zero-order valence-electron chi connectivity index (χ0n) is 9.19. The minimum atomic E-state index is -0.374. The largest absolute Gasteiger partial charge is 0.328 e. The van der Waals surface area contributed by atoms with Crippen molar-refractivity contribution in [2.75, 3.05) is 5.32 Å². The van der Waals surface area contributed by atoms with E-state index in [1.807, 2.05) is 0 Å². The van der Waals surface area contributed by atoms with Crippen LogP contribution in [0.5, 0.6) is 0 Å². The second-order valence-electron chi connectivity index (χ2n) is 3.42. The number of carbonyl (C=O) groups is 1. The first-order valence-corrected chi connectivity index (χ1v) is 5.18. The van der Waals surface area contributed by atoms with Crippen molar-refractivity contribution < 1.29 is 9.32 Å². The van der Waals surface area contributed by atoms with Crippen LogP contribution in [0, 0.1) is 13.8 Å². The Morgan fingerprint density at radius 1 is 1.35 bits per heavy atom. The third kappa shape index (κ3) is 2.79. The summed E-state index contributed by atoms with van der Waals surface area (Å²) in [4.78, 5) is 19.6. The molecule has 0 aliphatic rings. The van der Waals surface area contributed by atoms with Crippen molar-refractivity contribution >= 4 is 23.5 Å². The number of pyridine rings is 1. The average Bonchev–Trinajstić information content (AvgIpc) is 2.62. The molecule has 0 aliphatic heterocycles. The number of anilines is 1. The van der Waals surface area contributed by atoms with Gasteiger partial charge in [0.15, 0.2) is 5.82 Å². The molecule has 88 valence electrons. The van der Waals surface area contributed by atoms with Gasteiger partial charge in [0.2, 0.25) is 0 Å². The summed E-state index contributed by atoms with van der Waals surface area (Å²) in [6, 6.07) is 3.13. The predicted octanol–water partition coefficient (Wildman–Crippen LogP) is 1.99. The second kappa shape index (κ2) is 4.50. The predicted molar refractivity (Wildman–Crippen MR) is 61.0 cm³/mol. The summed E-state index contributed by atoms with van der Waals surface area (Å²) < 4.78 is 4.78. The van der Waals surface area contributed by atoms with Crippen LogP contribution in [-0.2, 0) is 0 Å². The van der Waals surface area contributed by atoms with Crippen LogP contribution in [0.3, 0.4) is 0 Å².